The molecule has 2 aliphatic heterocycles. The zero-order valence-corrected chi connectivity index (χ0v) is 14.4. The number of nitrogens with zero attached hydrogens (tertiary/aromatic N) is 5. The van der Waals surface area contributed by atoms with Crippen LogP contribution >= 0.6 is 0 Å². The number of rotatable bonds is 4. The van der Waals surface area contributed by atoms with Gasteiger partial charge in [-0.2, -0.15) is 0 Å². The van der Waals surface area contributed by atoms with E-state index in [4.69, 9.17) is 0 Å². The van der Waals surface area contributed by atoms with Crippen LogP contribution < -0.4 is 0 Å². The summed E-state index contributed by atoms with van der Waals surface area (Å²) in [5.74, 6) is 1.51. The summed E-state index contributed by atoms with van der Waals surface area (Å²) < 4.78 is 2.26. The van der Waals surface area contributed by atoms with Crippen molar-refractivity contribution >= 4 is 6.03 Å². The molecule has 0 aromatic carbocycles. The Morgan fingerprint density at radius 3 is 2.70 bits per heavy atom. The van der Waals surface area contributed by atoms with Gasteiger partial charge in [-0.1, -0.05) is 0 Å². The first-order valence-electron chi connectivity index (χ1n) is 8.85. The van der Waals surface area contributed by atoms with Crippen molar-refractivity contribution in [1.29, 1.82) is 0 Å². The smallest absolute Gasteiger partial charge is 0.320 e. The van der Waals surface area contributed by atoms with Crippen LogP contribution in [0.15, 0.2) is 12.4 Å². The van der Waals surface area contributed by atoms with Crippen molar-refractivity contribution in [1.82, 2.24) is 24.3 Å². The predicted octanol–water partition coefficient (Wildman–Crippen LogP) is 1.84. The van der Waals surface area contributed by atoms with Gasteiger partial charge < -0.3 is 19.3 Å². The number of piperidine rings is 1. The summed E-state index contributed by atoms with van der Waals surface area (Å²) in [6.07, 6.45) is 8.47. The average molecular weight is 319 g/mol. The molecule has 0 saturated carbocycles. The third-order valence-electron chi connectivity index (χ3n) is 4.97. The maximum Gasteiger partial charge on any atom is 0.320 e. The number of hydrogen-bond acceptors (Lipinski definition) is 3. The summed E-state index contributed by atoms with van der Waals surface area (Å²) >= 11 is 0. The molecule has 2 fully saturated rings. The van der Waals surface area contributed by atoms with Gasteiger partial charge in [0.05, 0.1) is 0 Å². The van der Waals surface area contributed by atoms with Crippen LogP contribution in [0.2, 0.25) is 0 Å². The fourth-order valence-corrected chi connectivity index (χ4v) is 3.65. The Kier molecular flexibility index (Phi) is 5.20. The van der Waals surface area contributed by atoms with Crippen LogP contribution in [0, 0.1) is 0 Å². The fraction of sp³-hybridized carbons (Fsp3) is 0.765. The number of imidazole rings is 1. The van der Waals surface area contributed by atoms with Crippen LogP contribution in [0.1, 0.15) is 37.4 Å². The lowest BCUT2D eigenvalue weighted by Crippen LogP contribution is -2.46. The minimum absolute atomic E-state index is 0.235. The molecule has 0 radical (unpaired) electrons. The van der Waals surface area contributed by atoms with E-state index in [1.165, 1.54) is 0 Å². The molecule has 2 amide bonds. The number of carbonyl (C=O) groups excluding carboxylic acids is 1. The number of likely N-dealkylation sites (tertiary alicyclic amines) is 2. The van der Waals surface area contributed by atoms with Crippen LogP contribution in [-0.4, -0.2) is 77.1 Å². The minimum Gasteiger partial charge on any atom is -0.333 e. The second kappa shape index (κ2) is 7.34. The largest absolute Gasteiger partial charge is 0.333 e. The van der Waals surface area contributed by atoms with Crippen LogP contribution in [0.4, 0.5) is 4.79 Å². The zero-order valence-electron chi connectivity index (χ0n) is 14.4. The molecule has 0 spiro atoms. The van der Waals surface area contributed by atoms with E-state index >= 15 is 0 Å². The number of aromatic nitrogens is 2. The van der Waals surface area contributed by atoms with Crippen LogP contribution in [0.5, 0.6) is 0 Å². The molecule has 0 bridgehead atoms. The highest BCUT2D eigenvalue weighted by molar-refractivity contribution is 5.74. The van der Waals surface area contributed by atoms with E-state index in [2.05, 4.69) is 34.7 Å². The second-order valence-electron chi connectivity index (χ2n) is 7.04. The van der Waals surface area contributed by atoms with E-state index in [9.17, 15) is 4.79 Å². The molecule has 2 aliphatic rings. The normalized spacial score (nSPS) is 22.1. The quantitative estimate of drug-likeness (QED) is 0.850. The monoisotopic (exact) mass is 319 g/mol. The molecule has 3 rings (SSSR count). The molecule has 3 heterocycles. The van der Waals surface area contributed by atoms with E-state index in [-0.39, 0.29) is 6.03 Å². The van der Waals surface area contributed by atoms with Crippen LogP contribution in [-0.2, 0) is 6.54 Å². The van der Waals surface area contributed by atoms with E-state index in [1.54, 1.807) is 0 Å². The van der Waals surface area contributed by atoms with Gasteiger partial charge in [-0.25, -0.2) is 9.78 Å². The van der Waals surface area contributed by atoms with Crippen molar-refractivity contribution in [3.63, 3.8) is 0 Å². The Bertz CT molecular complexity index is 521. The maximum absolute atomic E-state index is 12.6. The molecule has 1 aromatic heterocycles. The Balaban J connectivity index is 1.64. The van der Waals surface area contributed by atoms with E-state index < -0.39 is 0 Å². The summed E-state index contributed by atoms with van der Waals surface area (Å²) in [7, 11) is 4.18. The number of carbonyl (C=O) groups is 1. The number of urea groups is 1. The summed E-state index contributed by atoms with van der Waals surface area (Å²) in [5, 5.41) is 0. The highest BCUT2D eigenvalue weighted by Gasteiger charge is 2.30. The van der Waals surface area contributed by atoms with Crippen LogP contribution in [0.25, 0.3) is 0 Å². The standard InChI is InChI=1S/C17H29N5O/c1-19(2)12-13-20-11-7-18-16(20)15-6-5-10-22(14-15)17(23)21-8-3-4-9-21/h7,11,15H,3-6,8-10,12-14H2,1-2H3/t15-/m1/s1. The van der Waals surface area contributed by atoms with Gasteiger partial charge in [-0.15, -0.1) is 0 Å². The lowest BCUT2D eigenvalue weighted by Gasteiger charge is -2.35. The average Bonchev–Trinajstić information content (AvgIpc) is 3.23. The van der Waals surface area contributed by atoms with Gasteiger partial charge in [0.15, 0.2) is 0 Å². The van der Waals surface area contributed by atoms with Gasteiger partial charge >= 0.3 is 6.03 Å². The summed E-state index contributed by atoms with van der Waals surface area (Å²) in [4.78, 5) is 23.5. The third kappa shape index (κ3) is 3.86. The minimum atomic E-state index is 0.235. The summed E-state index contributed by atoms with van der Waals surface area (Å²) in [5.41, 5.74) is 0. The van der Waals surface area contributed by atoms with Gasteiger partial charge in [0.2, 0.25) is 0 Å². The molecule has 6 nitrogen and oxygen atoms in total. The predicted molar refractivity (Wildman–Crippen MR) is 90.5 cm³/mol. The van der Waals surface area contributed by atoms with Crippen molar-refractivity contribution in [2.75, 3.05) is 46.8 Å². The van der Waals surface area contributed by atoms with Gasteiger partial charge in [-0.3, -0.25) is 0 Å². The summed E-state index contributed by atoms with van der Waals surface area (Å²) in [6, 6.07) is 0.235. The first-order chi connectivity index (χ1) is 11.1. The summed E-state index contributed by atoms with van der Waals surface area (Å²) in [6.45, 7) is 5.53. The molecule has 1 aromatic rings. The molecule has 2 saturated heterocycles. The fourth-order valence-electron chi connectivity index (χ4n) is 3.65. The highest BCUT2D eigenvalue weighted by atomic mass is 16.2. The maximum atomic E-state index is 12.6. The molecular formula is C17H29N5O. The van der Waals surface area contributed by atoms with Crippen LogP contribution in [0.3, 0.4) is 0 Å². The van der Waals surface area contributed by atoms with Gasteiger partial charge in [0.25, 0.3) is 0 Å². The number of amides is 2. The van der Waals surface area contributed by atoms with Crippen molar-refractivity contribution in [2.45, 2.75) is 38.1 Å². The molecule has 23 heavy (non-hydrogen) atoms. The third-order valence-corrected chi connectivity index (χ3v) is 4.97. The first-order valence-corrected chi connectivity index (χ1v) is 8.85. The first kappa shape index (κ1) is 16.3. The van der Waals surface area contributed by atoms with Gasteiger partial charge in [-0.05, 0) is 39.8 Å². The van der Waals surface area contributed by atoms with Crippen molar-refractivity contribution in [3.8, 4) is 0 Å². The Hall–Kier alpha value is -1.56. The van der Waals surface area contributed by atoms with Gasteiger partial charge in [0, 0.05) is 57.6 Å². The molecular weight excluding hydrogens is 290 g/mol. The molecule has 128 valence electrons. The molecule has 6 heteroatoms. The van der Waals surface area contributed by atoms with E-state index in [1.807, 2.05) is 16.0 Å². The molecule has 0 unspecified atom stereocenters. The Morgan fingerprint density at radius 2 is 1.96 bits per heavy atom. The Labute approximate surface area is 139 Å². The highest BCUT2D eigenvalue weighted by Crippen LogP contribution is 2.27. The molecule has 1 atom stereocenters. The Morgan fingerprint density at radius 1 is 1.22 bits per heavy atom. The molecule has 0 N–H and O–H groups in total. The number of hydrogen-bond donors (Lipinski definition) is 0. The zero-order chi connectivity index (χ0) is 16.2. The second-order valence-corrected chi connectivity index (χ2v) is 7.04. The van der Waals surface area contributed by atoms with Gasteiger partial charge in [0.1, 0.15) is 5.82 Å². The van der Waals surface area contributed by atoms with E-state index in [0.717, 1.165) is 70.8 Å². The van der Waals surface area contributed by atoms with Crippen molar-refractivity contribution < 1.29 is 4.79 Å². The van der Waals surface area contributed by atoms with E-state index in [0.29, 0.717) is 5.92 Å². The SMILES string of the molecule is CN(C)CCn1ccnc1[C@@H]1CCCN(C(=O)N2CCCC2)C1. The molecule has 0 aliphatic carbocycles. The van der Waals surface area contributed by atoms with Crippen molar-refractivity contribution in [2.24, 2.45) is 0 Å². The lowest BCUT2D eigenvalue weighted by molar-refractivity contribution is 0.145. The van der Waals surface area contributed by atoms with Crippen molar-refractivity contribution in [3.05, 3.63) is 18.2 Å². The lowest BCUT2D eigenvalue weighted by atomic mass is 9.97. The number of likely N-dealkylation sites (N-methyl/N-ethyl adjacent to an activating group) is 1. The topological polar surface area (TPSA) is 44.6 Å².